The fraction of sp³-hybridized carbons (Fsp3) is 0.474. The zero-order valence-corrected chi connectivity index (χ0v) is 14.6. The van der Waals surface area contributed by atoms with Gasteiger partial charge in [0, 0.05) is 49.8 Å². The van der Waals surface area contributed by atoms with Crippen LogP contribution in [0.1, 0.15) is 41.1 Å². The van der Waals surface area contributed by atoms with Crippen molar-refractivity contribution < 1.29 is 4.79 Å². The van der Waals surface area contributed by atoms with Crippen molar-refractivity contribution in [3.05, 3.63) is 53.9 Å². The summed E-state index contributed by atoms with van der Waals surface area (Å²) < 4.78 is 0. The molecule has 1 spiro atoms. The predicted octanol–water partition coefficient (Wildman–Crippen LogP) is 2.06. The van der Waals surface area contributed by atoms with E-state index in [2.05, 4.69) is 32.0 Å². The number of aromatic nitrogens is 3. The second-order valence-corrected chi connectivity index (χ2v) is 7.09. The number of rotatable bonds is 3. The summed E-state index contributed by atoms with van der Waals surface area (Å²) in [5, 5.41) is 0. The van der Waals surface area contributed by atoms with Crippen LogP contribution in [0, 0.1) is 6.92 Å². The van der Waals surface area contributed by atoms with E-state index < -0.39 is 0 Å². The molecule has 2 aliphatic rings. The van der Waals surface area contributed by atoms with Gasteiger partial charge in [0.2, 0.25) is 0 Å². The molecule has 2 aromatic heterocycles. The first kappa shape index (κ1) is 16.1. The topological polar surface area (TPSA) is 62.2 Å². The summed E-state index contributed by atoms with van der Waals surface area (Å²) >= 11 is 0. The van der Waals surface area contributed by atoms with Gasteiger partial charge in [0.05, 0.1) is 11.9 Å². The summed E-state index contributed by atoms with van der Waals surface area (Å²) in [4.78, 5) is 30.0. The molecule has 130 valence electrons. The molecule has 2 aliphatic heterocycles. The normalized spacial score (nSPS) is 23.5. The summed E-state index contributed by atoms with van der Waals surface area (Å²) in [5.41, 5.74) is 2.69. The molecule has 1 unspecified atom stereocenters. The van der Waals surface area contributed by atoms with Gasteiger partial charge in [0.1, 0.15) is 5.69 Å². The molecule has 0 saturated carbocycles. The molecule has 25 heavy (non-hydrogen) atoms. The Labute approximate surface area is 147 Å². The first-order valence-electron chi connectivity index (χ1n) is 8.89. The second kappa shape index (κ2) is 6.52. The van der Waals surface area contributed by atoms with Gasteiger partial charge < -0.3 is 4.90 Å². The lowest BCUT2D eigenvalue weighted by molar-refractivity contribution is -0.0656. The van der Waals surface area contributed by atoms with E-state index in [0.29, 0.717) is 5.69 Å². The molecule has 1 amide bonds. The number of hydrogen-bond donors (Lipinski definition) is 0. The van der Waals surface area contributed by atoms with Gasteiger partial charge in [0.15, 0.2) is 0 Å². The summed E-state index contributed by atoms with van der Waals surface area (Å²) in [5.74, 6) is -0.00675. The SMILES string of the molecule is Cc1cccc(CN2CCC23CCCN(C(=O)c2cnccn2)C3)n1. The van der Waals surface area contributed by atoms with Crippen molar-refractivity contribution in [2.45, 2.75) is 38.3 Å². The minimum atomic E-state index is -0.00675. The van der Waals surface area contributed by atoms with Gasteiger partial charge in [0.25, 0.3) is 5.91 Å². The third-order valence-electron chi connectivity index (χ3n) is 5.44. The maximum Gasteiger partial charge on any atom is 0.274 e. The van der Waals surface area contributed by atoms with E-state index in [1.807, 2.05) is 17.9 Å². The molecule has 4 heterocycles. The van der Waals surface area contributed by atoms with E-state index in [4.69, 9.17) is 0 Å². The summed E-state index contributed by atoms with van der Waals surface area (Å²) in [6, 6.07) is 6.18. The van der Waals surface area contributed by atoms with Crippen LogP contribution < -0.4 is 0 Å². The molecule has 4 rings (SSSR count). The van der Waals surface area contributed by atoms with Gasteiger partial charge in [-0.25, -0.2) is 4.98 Å². The fourth-order valence-electron chi connectivity index (χ4n) is 4.04. The lowest BCUT2D eigenvalue weighted by atomic mass is 9.77. The molecule has 2 aromatic rings. The Kier molecular flexibility index (Phi) is 4.21. The van der Waals surface area contributed by atoms with Crippen molar-refractivity contribution >= 4 is 5.91 Å². The number of pyridine rings is 1. The monoisotopic (exact) mass is 337 g/mol. The van der Waals surface area contributed by atoms with E-state index in [1.165, 1.54) is 0 Å². The minimum Gasteiger partial charge on any atom is -0.335 e. The smallest absolute Gasteiger partial charge is 0.274 e. The maximum atomic E-state index is 12.7. The highest BCUT2D eigenvalue weighted by Gasteiger charge is 2.48. The molecule has 2 fully saturated rings. The fourth-order valence-corrected chi connectivity index (χ4v) is 4.04. The van der Waals surface area contributed by atoms with Crippen LogP contribution in [0.5, 0.6) is 0 Å². The Hall–Kier alpha value is -2.34. The Morgan fingerprint density at radius 2 is 2.16 bits per heavy atom. The average Bonchev–Trinajstić information content (AvgIpc) is 2.65. The molecule has 1 atom stereocenters. The van der Waals surface area contributed by atoms with Gasteiger partial charge in [-0.2, -0.15) is 0 Å². The Bertz CT molecular complexity index is 765. The zero-order valence-electron chi connectivity index (χ0n) is 14.6. The largest absolute Gasteiger partial charge is 0.335 e. The highest BCUT2D eigenvalue weighted by molar-refractivity contribution is 5.92. The standard InChI is InChI=1S/C19H23N5O/c1-15-4-2-5-16(22-15)13-24-11-7-19(24)6-3-10-23(14-19)18(25)17-12-20-8-9-21-17/h2,4-5,8-9,12H,3,6-7,10-11,13-14H2,1H3. The number of nitrogens with zero attached hydrogens (tertiary/aromatic N) is 5. The van der Waals surface area contributed by atoms with E-state index in [-0.39, 0.29) is 11.4 Å². The van der Waals surface area contributed by atoms with Crippen LogP contribution in [0.25, 0.3) is 0 Å². The first-order chi connectivity index (χ1) is 12.2. The number of aryl methyl sites for hydroxylation is 1. The molecular weight excluding hydrogens is 314 g/mol. The van der Waals surface area contributed by atoms with E-state index in [9.17, 15) is 4.79 Å². The van der Waals surface area contributed by atoms with Crippen molar-refractivity contribution in [1.29, 1.82) is 0 Å². The molecule has 0 aromatic carbocycles. The molecule has 6 nitrogen and oxygen atoms in total. The number of carbonyl (C=O) groups excluding carboxylic acids is 1. The van der Waals surface area contributed by atoms with Crippen LogP contribution in [-0.4, -0.2) is 55.8 Å². The van der Waals surface area contributed by atoms with Crippen molar-refractivity contribution in [1.82, 2.24) is 24.8 Å². The number of hydrogen-bond acceptors (Lipinski definition) is 5. The van der Waals surface area contributed by atoms with Gasteiger partial charge >= 0.3 is 0 Å². The Balaban J connectivity index is 1.47. The summed E-state index contributed by atoms with van der Waals surface area (Å²) in [6.45, 7) is 5.52. The highest BCUT2D eigenvalue weighted by Crippen LogP contribution is 2.39. The van der Waals surface area contributed by atoms with Crippen LogP contribution in [-0.2, 0) is 6.54 Å². The van der Waals surface area contributed by atoms with Gasteiger partial charge in [-0.1, -0.05) is 6.07 Å². The highest BCUT2D eigenvalue weighted by atomic mass is 16.2. The van der Waals surface area contributed by atoms with Crippen molar-refractivity contribution in [2.24, 2.45) is 0 Å². The van der Waals surface area contributed by atoms with Gasteiger partial charge in [-0.05, 0) is 38.3 Å². The molecule has 0 aliphatic carbocycles. The minimum absolute atomic E-state index is 0.00675. The summed E-state index contributed by atoms with van der Waals surface area (Å²) in [6.07, 6.45) is 8.04. The average molecular weight is 337 g/mol. The first-order valence-corrected chi connectivity index (χ1v) is 8.89. The van der Waals surface area contributed by atoms with Crippen LogP contribution >= 0.6 is 0 Å². The van der Waals surface area contributed by atoms with Gasteiger partial charge in [-0.3, -0.25) is 19.7 Å². The molecule has 0 radical (unpaired) electrons. The third kappa shape index (κ3) is 3.14. The molecule has 0 bridgehead atoms. The lowest BCUT2D eigenvalue weighted by Crippen LogP contribution is -2.67. The quantitative estimate of drug-likeness (QED) is 0.858. The zero-order chi connectivity index (χ0) is 17.3. The molecule has 6 heteroatoms. The van der Waals surface area contributed by atoms with Gasteiger partial charge in [-0.15, -0.1) is 0 Å². The van der Waals surface area contributed by atoms with Crippen LogP contribution in [0.2, 0.25) is 0 Å². The van der Waals surface area contributed by atoms with Crippen molar-refractivity contribution in [2.75, 3.05) is 19.6 Å². The predicted molar refractivity (Wildman–Crippen MR) is 93.9 cm³/mol. The van der Waals surface area contributed by atoms with Crippen LogP contribution in [0.3, 0.4) is 0 Å². The number of amides is 1. The van der Waals surface area contributed by atoms with Crippen molar-refractivity contribution in [3.8, 4) is 0 Å². The lowest BCUT2D eigenvalue weighted by Gasteiger charge is -2.57. The number of carbonyl (C=O) groups is 1. The molecule has 0 N–H and O–H groups in total. The summed E-state index contributed by atoms with van der Waals surface area (Å²) in [7, 11) is 0. The molecular formula is C19H23N5O. The van der Waals surface area contributed by atoms with E-state index in [1.54, 1.807) is 18.6 Å². The van der Waals surface area contributed by atoms with E-state index >= 15 is 0 Å². The molecule has 2 saturated heterocycles. The Morgan fingerprint density at radius 3 is 2.88 bits per heavy atom. The third-order valence-corrected chi connectivity index (χ3v) is 5.44. The second-order valence-electron chi connectivity index (χ2n) is 7.09. The number of likely N-dealkylation sites (tertiary alicyclic amines) is 2. The Morgan fingerprint density at radius 1 is 1.24 bits per heavy atom. The number of piperidine rings is 1. The maximum absolute atomic E-state index is 12.7. The van der Waals surface area contributed by atoms with Crippen LogP contribution in [0.15, 0.2) is 36.8 Å². The van der Waals surface area contributed by atoms with Crippen LogP contribution in [0.4, 0.5) is 0 Å². The van der Waals surface area contributed by atoms with Crippen molar-refractivity contribution in [3.63, 3.8) is 0 Å². The van der Waals surface area contributed by atoms with E-state index in [0.717, 1.165) is 56.8 Å².